The van der Waals surface area contributed by atoms with Gasteiger partial charge in [0.15, 0.2) is 0 Å². The van der Waals surface area contributed by atoms with Crippen LogP contribution in [0.5, 0.6) is 0 Å². The fourth-order valence-corrected chi connectivity index (χ4v) is 5.49. The highest BCUT2D eigenvalue weighted by Crippen LogP contribution is 2.30. The van der Waals surface area contributed by atoms with Gasteiger partial charge in [0.05, 0.1) is 24.6 Å². The monoisotopic (exact) mass is 534 g/mol. The maximum absolute atomic E-state index is 13.6. The van der Waals surface area contributed by atoms with Crippen LogP contribution in [0.4, 0.5) is 4.79 Å². The van der Waals surface area contributed by atoms with Gasteiger partial charge in [0.2, 0.25) is 0 Å². The second kappa shape index (κ2) is 13.6. The van der Waals surface area contributed by atoms with E-state index in [1.54, 1.807) is 17.0 Å². The summed E-state index contributed by atoms with van der Waals surface area (Å²) in [5, 5.41) is 0. The van der Waals surface area contributed by atoms with Crippen molar-refractivity contribution < 1.29 is 19.1 Å². The molecule has 1 aromatic carbocycles. The van der Waals surface area contributed by atoms with Gasteiger partial charge in [0.25, 0.3) is 5.91 Å². The molecule has 1 saturated carbocycles. The number of hydrogen-bond donors (Lipinski definition) is 0. The first kappa shape index (κ1) is 28.6. The average Bonchev–Trinajstić information content (AvgIpc) is 3.43. The first-order valence-corrected chi connectivity index (χ1v) is 14.5. The van der Waals surface area contributed by atoms with Crippen LogP contribution in [0.1, 0.15) is 99.1 Å². The summed E-state index contributed by atoms with van der Waals surface area (Å²) < 4.78 is 6.95. The number of imidazole rings is 1. The van der Waals surface area contributed by atoms with Gasteiger partial charge in [0, 0.05) is 26.1 Å². The minimum absolute atomic E-state index is 0.194. The van der Waals surface area contributed by atoms with Crippen LogP contribution in [0.25, 0.3) is 6.08 Å². The number of benzene rings is 1. The maximum Gasteiger partial charge on any atom is 0.337 e. The molecule has 0 bridgehead atoms. The van der Waals surface area contributed by atoms with Crippen LogP contribution in [-0.4, -0.2) is 57.5 Å². The first-order chi connectivity index (χ1) is 19.0. The van der Waals surface area contributed by atoms with E-state index in [0.717, 1.165) is 62.0 Å². The van der Waals surface area contributed by atoms with Crippen LogP contribution in [0.2, 0.25) is 0 Å². The predicted octanol–water partition coefficient (Wildman–Crippen LogP) is 6.05. The Bertz CT molecular complexity index is 1180. The zero-order valence-electron chi connectivity index (χ0n) is 23.7. The molecule has 1 saturated heterocycles. The predicted molar refractivity (Wildman–Crippen MR) is 151 cm³/mol. The van der Waals surface area contributed by atoms with E-state index in [2.05, 4.69) is 18.4 Å². The molecule has 0 unspecified atom stereocenters. The van der Waals surface area contributed by atoms with Crippen LogP contribution >= 0.6 is 0 Å². The zero-order chi connectivity index (χ0) is 27.8. The molecule has 0 atom stereocenters. The lowest BCUT2D eigenvalue weighted by Crippen LogP contribution is -2.36. The van der Waals surface area contributed by atoms with Crippen molar-refractivity contribution in [2.24, 2.45) is 5.92 Å². The number of methoxy groups -OCH3 is 1. The number of imide groups is 1. The molecule has 2 heterocycles. The van der Waals surface area contributed by atoms with Crippen LogP contribution < -0.4 is 0 Å². The first-order valence-electron chi connectivity index (χ1n) is 14.5. The third-order valence-electron chi connectivity index (χ3n) is 7.84. The van der Waals surface area contributed by atoms with E-state index < -0.39 is 0 Å². The fourth-order valence-electron chi connectivity index (χ4n) is 5.49. The van der Waals surface area contributed by atoms with Gasteiger partial charge in [-0.3, -0.25) is 14.6 Å². The normalized spacial score (nSPS) is 17.5. The van der Waals surface area contributed by atoms with Crippen molar-refractivity contribution in [2.45, 2.75) is 84.6 Å². The van der Waals surface area contributed by atoms with Crippen molar-refractivity contribution in [1.82, 2.24) is 19.4 Å². The highest BCUT2D eigenvalue weighted by atomic mass is 16.5. The number of unbranched alkanes of at least 4 members (excludes halogenated alkanes) is 2. The third kappa shape index (κ3) is 6.78. The van der Waals surface area contributed by atoms with E-state index >= 15 is 0 Å². The molecule has 8 nitrogen and oxygen atoms in total. The lowest BCUT2D eigenvalue weighted by Gasteiger charge is -2.26. The van der Waals surface area contributed by atoms with Crippen molar-refractivity contribution >= 4 is 24.0 Å². The molecular weight excluding hydrogens is 492 g/mol. The van der Waals surface area contributed by atoms with Crippen LogP contribution in [-0.2, 0) is 22.5 Å². The summed E-state index contributed by atoms with van der Waals surface area (Å²) in [6, 6.07) is 7.16. The Kier molecular flexibility index (Phi) is 9.96. The van der Waals surface area contributed by atoms with E-state index in [4.69, 9.17) is 9.72 Å². The highest BCUT2D eigenvalue weighted by Gasteiger charge is 2.41. The Hall–Kier alpha value is -3.42. The molecule has 1 aromatic heterocycles. The van der Waals surface area contributed by atoms with E-state index in [0.29, 0.717) is 36.8 Å². The summed E-state index contributed by atoms with van der Waals surface area (Å²) in [6.07, 6.45) is 14.1. The van der Waals surface area contributed by atoms with Crippen LogP contribution in [0.3, 0.4) is 0 Å². The van der Waals surface area contributed by atoms with E-state index in [1.165, 1.54) is 31.3 Å². The van der Waals surface area contributed by atoms with Crippen molar-refractivity contribution in [3.05, 3.63) is 58.8 Å². The fraction of sp³-hybridized carbons (Fsp3) is 0.548. The lowest BCUT2D eigenvalue weighted by atomic mass is 9.89. The van der Waals surface area contributed by atoms with Gasteiger partial charge in [-0.1, -0.05) is 58.1 Å². The number of rotatable bonds is 12. The number of esters is 1. The maximum atomic E-state index is 13.6. The van der Waals surface area contributed by atoms with Gasteiger partial charge < -0.3 is 9.30 Å². The number of carbonyl (C=O) groups excluding carboxylic acids is 3. The molecule has 1 aliphatic heterocycles. The molecule has 2 aliphatic rings. The second-order valence-electron chi connectivity index (χ2n) is 10.7. The molecule has 1 aliphatic carbocycles. The molecule has 39 heavy (non-hydrogen) atoms. The van der Waals surface area contributed by atoms with Gasteiger partial charge in [-0.2, -0.15) is 0 Å². The third-order valence-corrected chi connectivity index (χ3v) is 7.84. The summed E-state index contributed by atoms with van der Waals surface area (Å²) in [5.74, 6) is 0.783. The van der Waals surface area contributed by atoms with Crippen molar-refractivity contribution in [3.8, 4) is 0 Å². The molecule has 4 rings (SSSR count). The van der Waals surface area contributed by atoms with Gasteiger partial charge >= 0.3 is 12.0 Å². The van der Waals surface area contributed by atoms with E-state index in [1.807, 2.05) is 24.4 Å². The topological polar surface area (TPSA) is 84.7 Å². The summed E-state index contributed by atoms with van der Waals surface area (Å²) in [7, 11) is 1.37. The molecule has 0 N–H and O–H groups in total. The summed E-state index contributed by atoms with van der Waals surface area (Å²) in [5.41, 5.74) is 2.77. The number of amides is 3. The molecule has 210 valence electrons. The highest BCUT2D eigenvalue weighted by molar-refractivity contribution is 6.13. The summed E-state index contributed by atoms with van der Waals surface area (Å²) >= 11 is 0. The molecule has 0 spiro atoms. The van der Waals surface area contributed by atoms with Crippen molar-refractivity contribution in [2.75, 3.05) is 20.2 Å². The number of urea groups is 1. The van der Waals surface area contributed by atoms with Crippen molar-refractivity contribution in [1.29, 1.82) is 0 Å². The van der Waals surface area contributed by atoms with Gasteiger partial charge in [-0.05, 0) is 55.4 Å². The Morgan fingerprint density at radius 1 is 1.03 bits per heavy atom. The Morgan fingerprint density at radius 2 is 1.74 bits per heavy atom. The molecule has 8 heteroatoms. The van der Waals surface area contributed by atoms with E-state index in [9.17, 15) is 14.4 Å². The number of nitrogens with zero attached hydrogens (tertiary/aromatic N) is 4. The van der Waals surface area contributed by atoms with Crippen molar-refractivity contribution in [3.63, 3.8) is 0 Å². The lowest BCUT2D eigenvalue weighted by molar-refractivity contribution is -0.123. The molecule has 2 fully saturated rings. The molecule has 3 amide bonds. The van der Waals surface area contributed by atoms with Gasteiger partial charge in [-0.25, -0.2) is 14.6 Å². The molecular formula is C31H42N4O4. The Labute approximate surface area is 232 Å². The molecule has 0 radical (unpaired) electrons. The number of aryl methyl sites for hydroxylation is 1. The smallest absolute Gasteiger partial charge is 0.337 e. The average molecular weight is 535 g/mol. The van der Waals surface area contributed by atoms with E-state index in [-0.39, 0.29) is 17.9 Å². The second-order valence-corrected chi connectivity index (χ2v) is 10.7. The standard InChI is InChI=1S/C31H42N4O4/c1-4-6-13-28-32-20-26(34(28)21-24-14-16-25(17-15-24)30(37)39-3)19-27-29(36)33(18-7-5-2)31(38)35(27)22-23-11-9-8-10-12-23/h14-17,19-20,23H,4-13,18,21-22H2,1-3H3/b27-19-. The summed E-state index contributed by atoms with van der Waals surface area (Å²) in [6.45, 7) is 5.79. The Balaban J connectivity index is 1.67. The zero-order valence-corrected chi connectivity index (χ0v) is 23.7. The quantitative estimate of drug-likeness (QED) is 0.188. The number of ether oxygens (including phenoxy) is 1. The summed E-state index contributed by atoms with van der Waals surface area (Å²) in [4.78, 5) is 46.8. The minimum atomic E-state index is -0.367. The SMILES string of the molecule is CCCCc1ncc(/C=C2/C(=O)N(CCCC)C(=O)N2CC2CCCCC2)n1Cc1ccc(C(=O)OC)cc1. The van der Waals surface area contributed by atoms with Crippen LogP contribution in [0, 0.1) is 5.92 Å². The molecule has 2 aromatic rings. The Morgan fingerprint density at radius 3 is 2.41 bits per heavy atom. The number of carbonyl (C=O) groups is 3. The van der Waals surface area contributed by atoms with Gasteiger partial charge in [0.1, 0.15) is 11.5 Å². The number of aromatic nitrogens is 2. The van der Waals surface area contributed by atoms with Gasteiger partial charge in [-0.15, -0.1) is 0 Å². The van der Waals surface area contributed by atoms with Crippen LogP contribution in [0.15, 0.2) is 36.2 Å². The minimum Gasteiger partial charge on any atom is -0.465 e. The largest absolute Gasteiger partial charge is 0.465 e. The number of hydrogen-bond acceptors (Lipinski definition) is 5.